The predicted octanol–water partition coefficient (Wildman–Crippen LogP) is 0.797. The summed E-state index contributed by atoms with van der Waals surface area (Å²) >= 11 is 0. The van der Waals surface area contributed by atoms with E-state index in [1.807, 2.05) is 35.1 Å². The average Bonchev–Trinajstić information content (AvgIpc) is 3.10. The third-order valence-electron chi connectivity index (χ3n) is 3.91. The molecular weight excluding hydrogens is 308 g/mol. The molecule has 0 radical (unpaired) electrons. The molecule has 7 heteroatoms. The van der Waals surface area contributed by atoms with Crippen molar-refractivity contribution in [1.82, 2.24) is 14.6 Å². The fourth-order valence-electron chi connectivity index (χ4n) is 2.69. The van der Waals surface area contributed by atoms with Crippen LogP contribution in [-0.4, -0.2) is 72.3 Å². The second kappa shape index (κ2) is 8.68. The summed E-state index contributed by atoms with van der Waals surface area (Å²) in [6.07, 6.45) is 3.69. The van der Waals surface area contributed by atoms with Crippen LogP contribution in [0.3, 0.4) is 0 Å². The van der Waals surface area contributed by atoms with Gasteiger partial charge in [-0.2, -0.15) is 0 Å². The molecule has 0 bridgehead atoms. The van der Waals surface area contributed by atoms with Gasteiger partial charge in [-0.25, -0.2) is 9.66 Å². The summed E-state index contributed by atoms with van der Waals surface area (Å²) in [5.74, 6) is 1.57. The summed E-state index contributed by atoms with van der Waals surface area (Å²) in [4.78, 5) is 6.82. The average molecular weight is 332 g/mol. The van der Waals surface area contributed by atoms with Gasteiger partial charge < -0.3 is 20.0 Å². The molecule has 1 aliphatic heterocycles. The van der Waals surface area contributed by atoms with Crippen LogP contribution in [0.4, 0.5) is 0 Å². The van der Waals surface area contributed by atoms with Crippen LogP contribution in [0.1, 0.15) is 0 Å². The summed E-state index contributed by atoms with van der Waals surface area (Å²) in [5.41, 5.74) is 4.36. The third kappa shape index (κ3) is 4.47. The topological polar surface area (TPSA) is 71.8 Å². The van der Waals surface area contributed by atoms with Gasteiger partial charge in [-0.1, -0.05) is 12.1 Å². The van der Waals surface area contributed by atoms with E-state index in [4.69, 9.17) is 14.6 Å². The monoisotopic (exact) mass is 332 g/mol. The van der Waals surface area contributed by atoms with Crippen molar-refractivity contribution in [2.45, 2.75) is 0 Å². The van der Waals surface area contributed by atoms with Crippen LogP contribution in [0.15, 0.2) is 36.7 Å². The largest absolute Gasteiger partial charge is 0.491 e. The number of ether oxygens (including phenoxy) is 2. The fraction of sp³-hybridized carbons (Fsp3) is 0.471. The Bertz CT molecular complexity index is 626. The number of nitrogens with one attached hydrogen (secondary N) is 1. The Morgan fingerprint density at radius 1 is 1.29 bits per heavy atom. The van der Waals surface area contributed by atoms with Crippen LogP contribution in [0.25, 0.3) is 11.4 Å². The molecular formula is C17H24N4O3. The van der Waals surface area contributed by atoms with Crippen molar-refractivity contribution in [3.63, 3.8) is 0 Å². The van der Waals surface area contributed by atoms with Crippen molar-refractivity contribution in [2.75, 3.05) is 58.0 Å². The second-order valence-electron chi connectivity index (χ2n) is 5.58. The quantitative estimate of drug-likeness (QED) is 0.745. The van der Waals surface area contributed by atoms with Crippen LogP contribution in [-0.2, 0) is 4.74 Å². The first-order chi connectivity index (χ1) is 11.9. The van der Waals surface area contributed by atoms with Crippen molar-refractivity contribution >= 4 is 0 Å². The Morgan fingerprint density at radius 3 is 3.00 bits per heavy atom. The van der Waals surface area contributed by atoms with Gasteiger partial charge in [0, 0.05) is 44.1 Å². The van der Waals surface area contributed by atoms with Gasteiger partial charge in [0.2, 0.25) is 0 Å². The minimum absolute atomic E-state index is 0.00193. The number of aliphatic hydroxyl groups excluding tert-OH is 1. The first kappa shape index (κ1) is 16.8. The summed E-state index contributed by atoms with van der Waals surface area (Å²) in [7, 11) is 0. The predicted molar refractivity (Wildman–Crippen MR) is 91.7 cm³/mol. The zero-order chi connectivity index (χ0) is 16.6. The lowest BCUT2D eigenvalue weighted by Crippen LogP contribution is -2.39. The number of aliphatic hydroxyl groups is 1. The first-order valence-electron chi connectivity index (χ1n) is 8.28. The number of morpholine rings is 1. The smallest absolute Gasteiger partial charge is 0.158 e. The molecule has 7 nitrogen and oxygen atoms in total. The molecule has 0 amide bonds. The number of rotatable bonds is 8. The molecule has 2 heterocycles. The van der Waals surface area contributed by atoms with E-state index in [9.17, 15) is 0 Å². The van der Waals surface area contributed by atoms with Gasteiger partial charge in [0.1, 0.15) is 12.4 Å². The van der Waals surface area contributed by atoms with E-state index in [1.54, 1.807) is 6.20 Å². The lowest BCUT2D eigenvalue weighted by Gasteiger charge is -2.26. The van der Waals surface area contributed by atoms with E-state index in [0.717, 1.165) is 56.5 Å². The van der Waals surface area contributed by atoms with E-state index in [1.165, 1.54) is 0 Å². The molecule has 1 aromatic heterocycles. The van der Waals surface area contributed by atoms with Gasteiger partial charge in [0.15, 0.2) is 5.82 Å². The lowest BCUT2D eigenvalue weighted by molar-refractivity contribution is 0.0396. The zero-order valence-electron chi connectivity index (χ0n) is 13.7. The van der Waals surface area contributed by atoms with Crippen LogP contribution >= 0.6 is 0 Å². The van der Waals surface area contributed by atoms with E-state index in [-0.39, 0.29) is 13.2 Å². The van der Waals surface area contributed by atoms with Gasteiger partial charge in [-0.15, -0.1) is 0 Å². The number of benzene rings is 1. The third-order valence-corrected chi connectivity index (χ3v) is 3.91. The van der Waals surface area contributed by atoms with Gasteiger partial charge in [0.05, 0.1) is 19.8 Å². The molecule has 1 fully saturated rings. The molecule has 0 saturated carbocycles. The van der Waals surface area contributed by atoms with Gasteiger partial charge in [0.25, 0.3) is 0 Å². The first-order valence-corrected chi connectivity index (χ1v) is 8.28. The van der Waals surface area contributed by atoms with Crippen molar-refractivity contribution < 1.29 is 14.6 Å². The standard InChI is InChI=1S/C17H24N4O3/c22-10-13-24-16-3-1-2-15(14-16)17-18-4-7-21(17)19-5-6-20-8-11-23-12-9-20/h1-4,7,14,19,22H,5-6,8-13H2. The van der Waals surface area contributed by atoms with E-state index in [2.05, 4.69) is 15.3 Å². The number of aromatic nitrogens is 2. The summed E-state index contributed by atoms with van der Waals surface area (Å²) in [6.45, 7) is 5.71. The molecule has 2 N–H and O–H groups in total. The maximum Gasteiger partial charge on any atom is 0.158 e. The zero-order valence-corrected chi connectivity index (χ0v) is 13.7. The molecule has 130 valence electrons. The molecule has 0 atom stereocenters. The van der Waals surface area contributed by atoms with E-state index >= 15 is 0 Å². The van der Waals surface area contributed by atoms with Crippen LogP contribution in [0, 0.1) is 0 Å². The Hall–Kier alpha value is -2.09. The number of hydrogen-bond acceptors (Lipinski definition) is 6. The molecule has 3 rings (SSSR count). The Balaban J connectivity index is 1.60. The van der Waals surface area contributed by atoms with Crippen LogP contribution < -0.4 is 10.2 Å². The highest BCUT2D eigenvalue weighted by Crippen LogP contribution is 2.22. The molecule has 24 heavy (non-hydrogen) atoms. The SMILES string of the molecule is OCCOc1cccc(-c2nccn2NCCN2CCOCC2)c1. The van der Waals surface area contributed by atoms with E-state index in [0.29, 0.717) is 0 Å². The number of hydrogen-bond donors (Lipinski definition) is 2. The Morgan fingerprint density at radius 2 is 2.17 bits per heavy atom. The lowest BCUT2D eigenvalue weighted by atomic mass is 10.2. The van der Waals surface area contributed by atoms with Crippen molar-refractivity contribution in [1.29, 1.82) is 0 Å². The maximum atomic E-state index is 8.87. The minimum atomic E-state index is 0.00193. The summed E-state index contributed by atoms with van der Waals surface area (Å²) in [5, 5.41) is 8.87. The summed E-state index contributed by atoms with van der Waals surface area (Å²) in [6, 6.07) is 7.72. The molecule has 0 unspecified atom stereocenters. The van der Waals surface area contributed by atoms with E-state index < -0.39 is 0 Å². The van der Waals surface area contributed by atoms with Crippen LogP contribution in [0.5, 0.6) is 5.75 Å². The second-order valence-corrected chi connectivity index (χ2v) is 5.58. The van der Waals surface area contributed by atoms with Crippen molar-refractivity contribution in [2.24, 2.45) is 0 Å². The van der Waals surface area contributed by atoms with Crippen molar-refractivity contribution in [3.05, 3.63) is 36.7 Å². The summed E-state index contributed by atoms with van der Waals surface area (Å²) < 4.78 is 12.8. The Kier molecular flexibility index (Phi) is 6.06. The maximum absolute atomic E-state index is 8.87. The normalized spacial score (nSPS) is 15.4. The molecule has 1 saturated heterocycles. The highest BCUT2D eigenvalue weighted by Gasteiger charge is 2.10. The molecule has 0 spiro atoms. The fourth-order valence-corrected chi connectivity index (χ4v) is 2.69. The molecule has 1 aromatic carbocycles. The molecule has 0 aliphatic carbocycles. The van der Waals surface area contributed by atoms with Gasteiger partial charge in [-0.05, 0) is 12.1 Å². The number of nitrogens with zero attached hydrogens (tertiary/aromatic N) is 3. The van der Waals surface area contributed by atoms with Gasteiger partial charge >= 0.3 is 0 Å². The highest BCUT2D eigenvalue weighted by atomic mass is 16.5. The highest BCUT2D eigenvalue weighted by molar-refractivity contribution is 5.58. The van der Waals surface area contributed by atoms with Crippen molar-refractivity contribution in [3.8, 4) is 17.1 Å². The molecule has 2 aromatic rings. The Labute approximate surface area is 141 Å². The van der Waals surface area contributed by atoms with Crippen LogP contribution in [0.2, 0.25) is 0 Å². The van der Waals surface area contributed by atoms with Gasteiger partial charge in [-0.3, -0.25) is 4.90 Å². The minimum Gasteiger partial charge on any atom is -0.491 e. The number of imidazole rings is 1. The molecule has 1 aliphatic rings.